The van der Waals surface area contributed by atoms with Crippen LogP contribution >= 0.6 is 0 Å². The largest absolute Gasteiger partial charge is 0.481 e. The number of H-pyrrole nitrogens is 1. The van der Waals surface area contributed by atoms with Crippen LogP contribution in [0, 0.1) is 5.92 Å². The van der Waals surface area contributed by atoms with Gasteiger partial charge in [-0.25, -0.2) is 0 Å². The van der Waals surface area contributed by atoms with E-state index in [4.69, 9.17) is 9.47 Å². The molecular weight excluding hydrogens is 386 g/mol. The minimum atomic E-state index is -0.822. The van der Waals surface area contributed by atoms with Crippen molar-refractivity contribution >= 4 is 5.97 Å². The molecular formula is C21H31N5O4. The van der Waals surface area contributed by atoms with Gasteiger partial charge in [0.15, 0.2) is 5.82 Å². The van der Waals surface area contributed by atoms with Crippen molar-refractivity contribution in [2.24, 2.45) is 5.92 Å². The summed E-state index contributed by atoms with van der Waals surface area (Å²) in [7, 11) is 0. The summed E-state index contributed by atoms with van der Waals surface area (Å²) in [5.74, 6) is -1.24. The van der Waals surface area contributed by atoms with E-state index in [0.29, 0.717) is 31.9 Å². The molecule has 30 heavy (non-hydrogen) atoms. The van der Waals surface area contributed by atoms with Gasteiger partial charge in [0, 0.05) is 25.6 Å². The number of rotatable bonds is 12. The molecule has 1 fully saturated rings. The summed E-state index contributed by atoms with van der Waals surface area (Å²) in [5.41, 5.74) is 2.14. The number of aliphatic carboxylic acids is 1. The summed E-state index contributed by atoms with van der Waals surface area (Å²) >= 11 is 0. The number of benzene rings is 1. The zero-order valence-corrected chi connectivity index (χ0v) is 17.5. The van der Waals surface area contributed by atoms with E-state index in [9.17, 15) is 9.90 Å². The Morgan fingerprint density at radius 2 is 2.00 bits per heavy atom. The van der Waals surface area contributed by atoms with Crippen molar-refractivity contribution in [3.63, 3.8) is 0 Å². The average Bonchev–Trinajstić information content (AvgIpc) is 3.30. The molecule has 1 aliphatic rings. The number of morpholine rings is 1. The molecule has 0 radical (unpaired) electrons. The Balaban J connectivity index is 1.53. The highest BCUT2D eigenvalue weighted by atomic mass is 16.5. The number of hydrogen-bond donors (Lipinski definition) is 2. The summed E-state index contributed by atoms with van der Waals surface area (Å²) in [6, 6.07) is 8.12. The predicted molar refractivity (Wildman–Crippen MR) is 110 cm³/mol. The molecule has 9 heteroatoms. The van der Waals surface area contributed by atoms with Crippen molar-refractivity contribution in [3.05, 3.63) is 41.2 Å². The first-order valence-corrected chi connectivity index (χ1v) is 10.6. The Morgan fingerprint density at radius 1 is 1.27 bits per heavy atom. The second kappa shape index (κ2) is 11.7. The Morgan fingerprint density at radius 3 is 2.63 bits per heavy atom. The van der Waals surface area contributed by atoms with Gasteiger partial charge in [0.25, 0.3) is 0 Å². The molecule has 0 bridgehead atoms. The van der Waals surface area contributed by atoms with Crippen LogP contribution in [0.3, 0.4) is 0 Å². The number of hydrogen-bond acceptors (Lipinski definition) is 7. The van der Waals surface area contributed by atoms with Crippen LogP contribution in [0.25, 0.3) is 0 Å². The van der Waals surface area contributed by atoms with Crippen LogP contribution in [-0.2, 0) is 27.3 Å². The lowest BCUT2D eigenvalue weighted by Crippen LogP contribution is -2.38. The van der Waals surface area contributed by atoms with Gasteiger partial charge in [-0.3, -0.25) is 9.69 Å². The van der Waals surface area contributed by atoms with Crippen molar-refractivity contribution < 1.29 is 19.4 Å². The van der Waals surface area contributed by atoms with E-state index in [2.05, 4.69) is 25.5 Å². The van der Waals surface area contributed by atoms with Crippen molar-refractivity contribution in [2.45, 2.75) is 38.7 Å². The monoisotopic (exact) mass is 417 g/mol. The third-order valence-corrected chi connectivity index (χ3v) is 5.50. The fourth-order valence-electron chi connectivity index (χ4n) is 3.78. The number of carboxylic acid groups (broad SMARTS) is 1. The number of tetrazole rings is 1. The first-order valence-electron chi connectivity index (χ1n) is 10.6. The van der Waals surface area contributed by atoms with E-state index in [-0.39, 0.29) is 5.92 Å². The molecule has 0 saturated carbocycles. The number of nitrogens with one attached hydrogen (secondary N) is 1. The SMILES string of the molecule is CCC[C@H](C(=O)O)[C@H](Cc1ccc(COCCN2CCOCC2)cc1)c1nn[nH]n1. The highest BCUT2D eigenvalue weighted by molar-refractivity contribution is 5.71. The Kier molecular flexibility index (Phi) is 8.73. The highest BCUT2D eigenvalue weighted by Crippen LogP contribution is 2.30. The average molecular weight is 418 g/mol. The fraction of sp³-hybridized carbons (Fsp3) is 0.619. The van der Waals surface area contributed by atoms with Crippen molar-refractivity contribution in [2.75, 3.05) is 39.5 Å². The van der Waals surface area contributed by atoms with E-state index < -0.39 is 11.9 Å². The van der Waals surface area contributed by atoms with E-state index in [1.165, 1.54) is 0 Å². The van der Waals surface area contributed by atoms with E-state index in [0.717, 1.165) is 50.4 Å². The minimum absolute atomic E-state index is 0.322. The maximum absolute atomic E-state index is 11.8. The number of carbonyl (C=O) groups is 1. The van der Waals surface area contributed by atoms with E-state index in [1.807, 2.05) is 31.2 Å². The van der Waals surface area contributed by atoms with Crippen molar-refractivity contribution in [1.29, 1.82) is 0 Å². The van der Waals surface area contributed by atoms with Gasteiger partial charge in [-0.1, -0.05) is 42.8 Å². The van der Waals surface area contributed by atoms with Crippen LogP contribution in [0.15, 0.2) is 24.3 Å². The molecule has 1 saturated heterocycles. The molecule has 2 aromatic rings. The maximum atomic E-state index is 11.8. The Labute approximate surface area is 176 Å². The number of aromatic amines is 1. The van der Waals surface area contributed by atoms with Gasteiger partial charge in [-0.15, -0.1) is 10.2 Å². The van der Waals surface area contributed by atoms with Gasteiger partial charge in [0.05, 0.1) is 32.3 Å². The second-order valence-electron chi connectivity index (χ2n) is 7.64. The van der Waals surface area contributed by atoms with Crippen LogP contribution in [0.4, 0.5) is 0 Å². The fourth-order valence-corrected chi connectivity index (χ4v) is 3.78. The minimum Gasteiger partial charge on any atom is -0.481 e. The van der Waals surface area contributed by atoms with Crippen molar-refractivity contribution in [1.82, 2.24) is 25.5 Å². The van der Waals surface area contributed by atoms with E-state index >= 15 is 0 Å². The summed E-state index contributed by atoms with van der Waals surface area (Å²) in [6.45, 7) is 7.69. The molecule has 2 atom stereocenters. The summed E-state index contributed by atoms with van der Waals surface area (Å²) in [6.07, 6.45) is 1.91. The molecule has 164 valence electrons. The van der Waals surface area contributed by atoms with E-state index in [1.54, 1.807) is 0 Å². The second-order valence-corrected chi connectivity index (χ2v) is 7.64. The molecule has 0 spiro atoms. The normalized spacial score (nSPS) is 17.0. The van der Waals surface area contributed by atoms with Gasteiger partial charge in [-0.05, 0) is 24.0 Å². The summed E-state index contributed by atoms with van der Waals surface area (Å²) in [4.78, 5) is 14.2. The molecule has 2 heterocycles. The zero-order valence-electron chi connectivity index (χ0n) is 17.5. The standard InChI is InChI=1S/C21H31N5O4/c1-2-3-18(21(27)28)19(20-22-24-25-23-20)14-16-4-6-17(7-5-16)15-30-13-10-26-8-11-29-12-9-26/h4-7,18-19H,2-3,8-15H2,1H3,(H,27,28)(H,22,23,24,25)/t18-,19-/m0/s1. The molecule has 0 unspecified atom stereocenters. The quantitative estimate of drug-likeness (QED) is 0.503. The smallest absolute Gasteiger partial charge is 0.307 e. The first kappa shape index (κ1) is 22.3. The molecule has 1 aromatic heterocycles. The van der Waals surface area contributed by atoms with Gasteiger partial charge in [0.1, 0.15) is 0 Å². The molecule has 3 rings (SSSR count). The molecule has 2 N–H and O–H groups in total. The van der Waals surface area contributed by atoms with Gasteiger partial charge in [0.2, 0.25) is 0 Å². The van der Waals surface area contributed by atoms with Crippen LogP contribution in [0.1, 0.15) is 42.6 Å². The summed E-state index contributed by atoms with van der Waals surface area (Å²) in [5, 5.41) is 23.9. The molecule has 0 aliphatic carbocycles. The third-order valence-electron chi connectivity index (χ3n) is 5.50. The van der Waals surface area contributed by atoms with Crippen LogP contribution in [0.2, 0.25) is 0 Å². The predicted octanol–water partition coefficient (Wildman–Crippen LogP) is 1.88. The Hall–Kier alpha value is -2.36. The number of carboxylic acids is 1. The zero-order chi connectivity index (χ0) is 21.2. The van der Waals surface area contributed by atoms with Gasteiger partial charge >= 0.3 is 5.97 Å². The van der Waals surface area contributed by atoms with Crippen LogP contribution < -0.4 is 0 Å². The van der Waals surface area contributed by atoms with Gasteiger partial charge in [-0.2, -0.15) is 5.21 Å². The number of nitrogens with zero attached hydrogens (tertiary/aromatic N) is 4. The molecule has 0 amide bonds. The lowest BCUT2D eigenvalue weighted by Gasteiger charge is -2.26. The van der Waals surface area contributed by atoms with Gasteiger partial charge < -0.3 is 14.6 Å². The summed E-state index contributed by atoms with van der Waals surface area (Å²) < 4.78 is 11.2. The highest BCUT2D eigenvalue weighted by Gasteiger charge is 2.31. The lowest BCUT2D eigenvalue weighted by atomic mass is 9.83. The first-order chi connectivity index (χ1) is 14.7. The van der Waals surface area contributed by atoms with Crippen molar-refractivity contribution in [3.8, 4) is 0 Å². The molecule has 1 aromatic carbocycles. The lowest BCUT2D eigenvalue weighted by molar-refractivity contribution is -0.142. The molecule has 9 nitrogen and oxygen atoms in total. The van der Waals surface area contributed by atoms with Crippen LogP contribution in [-0.4, -0.2) is 76.1 Å². The van der Waals surface area contributed by atoms with Crippen LogP contribution in [0.5, 0.6) is 0 Å². The Bertz CT molecular complexity index is 747. The number of aromatic nitrogens is 4. The maximum Gasteiger partial charge on any atom is 0.307 e. The number of ether oxygens (including phenoxy) is 2. The topological polar surface area (TPSA) is 113 Å². The third kappa shape index (κ3) is 6.58. The molecule has 1 aliphatic heterocycles.